The average Bonchev–Trinajstić information content (AvgIpc) is 3.18. The zero-order valence-electron chi connectivity index (χ0n) is 15.3. The maximum atomic E-state index is 13.3. The molecule has 1 saturated carbocycles. The van der Waals surface area contributed by atoms with Gasteiger partial charge in [0.15, 0.2) is 0 Å². The van der Waals surface area contributed by atoms with Crippen LogP contribution in [0.25, 0.3) is 0 Å². The van der Waals surface area contributed by atoms with Crippen LogP contribution in [0, 0.1) is 0 Å². The third-order valence-electron chi connectivity index (χ3n) is 6.15. The number of rotatable bonds is 5. The Labute approximate surface area is 171 Å². The maximum Gasteiger partial charge on any atom is 0.248 e. The predicted octanol–water partition coefficient (Wildman–Crippen LogP) is 3.28. The molecule has 27 heavy (non-hydrogen) atoms. The third-order valence-corrected chi connectivity index (χ3v) is 6.40. The van der Waals surface area contributed by atoms with Gasteiger partial charge in [-0.15, -0.1) is 12.4 Å². The summed E-state index contributed by atoms with van der Waals surface area (Å²) in [6.45, 7) is 2.33. The molecule has 5 nitrogen and oxygen atoms in total. The number of amides is 1. The lowest BCUT2D eigenvalue weighted by molar-refractivity contribution is -0.132. The molecule has 0 unspecified atom stereocenters. The minimum Gasteiger partial charge on any atom is -0.353 e. The summed E-state index contributed by atoms with van der Waals surface area (Å²) in [5.74, 6) is 0.0861. The van der Waals surface area contributed by atoms with Crippen molar-refractivity contribution in [3.8, 4) is 0 Å². The number of piperidine rings is 1. The summed E-state index contributed by atoms with van der Waals surface area (Å²) in [5.41, 5.74) is 0.727. The molecule has 4 rings (SSSR count). The van der Waals surface area contributed by atoms with E-state index in [1.807, 2.05) is 29.1 Å². The Bertz CT molecular complexity index is 751. The Balaban J connectivity index is 0.00000210. The van der Waals surface area contributed by atoms with E-state index in [1.54, 1.807) is 6.20 Å². The molecule has 1 amide bonds. The van der Waals surface area contributed by atoms with Gasteiger partial charge >= 0.3 is 0 Å². The van der Waals surface area contributed by atoms with Crippen LogP contribution in [0.3, 0.4) is 0 Å². The van der Waals surface area contributed by atoms with Crippen molar-refractivity contribution in [3.63, 3.8) is 0 Å². The molecule has 1 aliphatic carbocycles. The van der Waals surface area contributed by atoms with E-state index in [9.17, 15) is 4.79 Å². The van der Waals surface area contributed by atoms with Crippen molar-refractivity contribution in [2.75, 3.05) is 19.6 Å². The van der Waals surface area contributed by atoms with Crippen LogP contribution >= 0.6 is 24.0 Å². The standard InChI is InChI=1S/C20H25ClN4O.ClH/c21-17-5-3-16(4-6-17)19(7-1-8-19)15-23-18(26)20(9-12-22-13-10-20)25-14-2-11-24-25;/h2-6,11,14,22H,1,7-10,12-13,15H2,(H,23,26);1H. The minimum absolute atomic E-state index is 0. The van der Waals surface area contributed by atoms with Gasteiger partial charge in [0.1, 0.15) is 5.54 Å². The van der Waals surface area contributed by atoms with Crippen LogP contribution in [0.1, 0.15) is 37.7 Å². The van der Waals surface area contributed by atoms with E-state index in [4.69, 9.17) is 11.6 Å². The minimum atomic E-state index is -0.584. The fraction of sp³-hybridized carbons (Fsp3) is 0.500. The molecule has 146 valence electrons. The highest BCUT2D eigenvalue weighted by Crippen LogP contribution is 2.43. The van der Waals surface area contributed by atoms with Crippen LogP contribution < -0.4 is 10.6 Å². The molecule has 1 saturated heterocycles. The predicted molar refractivity (Wildman–Crippen MR) is 110 cm³/mol. The molecule has 2 aliphatic rings. The summed E-state index contributed by atoms with van der Waals surface area (Å²) in [6.07, 6.45) is 8.58. The largest absolute Gasteiger partial charge is 0.353 e. The van der Waals surface area contributed by atoms with Gasteiger partial charge in [0.25, 0.3) is 0 Å². The fourth-order valence-corrected chi connectivity index (χ4v) is 4.44. The molecule has 1 aliphatic heterocycles. The number of nitrogens with zero attached hydrogens (tertiary/aromatic N) is 2. The van der Waals surface area contributed by atoms with Crippen molar-refractivity contribution >= 4 is 29.9 Å². The van der Waals surface area contributed by atoms with Gasteiger partial charge < -0.3 is 10.6 Å². The number of nitrogens with one attached hydrogen (secondary N) is 2. The summed E-state index contributed by atoms with van der Waals surface area (Å²) in [4.78, 5) is 13.3. The van der Waals surface area contributed by atoms with Crippen LogP contribution in [0.5, 0.6) is 0 Å². The Morgan fingerprint density at radius 1 is 1.19 bits per heavy atom. The molecule has 2 fully saturated rings. The molecule has 7 heteroatoms. The van der Waals surface area contributed by atoms with Crippen LogP contribution in [0.4, 0.5) is 0 Å². The Morgan fingerprint density at radius 2 is 1.89 bits per heavy atom. The maximum absolute atomic E-state index is 13.3. The quantitative estimate of drug-likeness (QED) is 0.797. The van der Waals surface area contributed by atoms with E-state index >= 15 is 0 Å². The zero-order valence-corrected chi connectivity index (χ0v) is 16.9. The van der Waals surface area contributed by atoms with Gasteiger partial charge in [-0.1, -0.05) is 30.2 Å². The van der Waals surface area contributed by atoms with Crippen LogP contribution in [0.2, 0.25) is 5.02 Å². The summed E-state index contributed by atoms with van der Waals surface area (Å²) >= 11 is 6.04. The lowest BCUT2D eigenvalue weighted by atomic mass is 9.64. The number of benzene rings is 1. The SMILES string of the molecule is Cl.O=C(NCC1(c2ccc(Cl)cc2)CCC1)C1(n2cccn2)CCNCC1. The first-order valence-electron chi connectivity index (χ1n) is 9.40. The molecule has 1 aromatic carbocycles. The van der Waals surface area contributed by atoms with Gasteiger partial charge in [-0.2, -0.15) is 5.10 Å². The molecular weight excluding hydrogens is 383 g/mol. The van der Waals surface area contributed by atoms with Gasteiger partial charge in [0, 0.05) is 29.4 Å². The fourth-order valence-electron chi connectivity index (χ4n) is 4.31. The Morgan fingerprint density at radius 3 is 2.44 bits per heavy atom. The van der Waals surface area contributed by atoms with E-state index < -0.39 is 5.54 Å². The van der Waals surface area contributed by atoms with Crippen molar-refractivity contribution < 1.29 is 4.79 Å². The first-order chi connectivity index (χ1) is 12.6. The lowest BCUT2D eigenvalue weighted by Gasteiger charge is -2.44. The van der Waals surface area contributed by atoms with E-state index in [1.165, 1.54) is 12.0 Å². The summed E-state index contributed by atoms with van der Waals surface area (Å²) in [5, 5.41) is 11.8. The van der Waals surface area contributed by atoms with Crippen molar-refractivity contribution in [1.82, 2.24) is 20.4 Å². The number of carbonyl (C=O) groups excluding carboxylic acids is 1. The van der Waals surface area contributed by atoms with Gasteiger partial charge in [0.05, 0.1) is 0 Å². The topological polar surface area (TPSA) is 59.0 Å². The van der Waals surface area contributed by atoms with Crippen LogP contribution in [0.15, 0.2) is 42.7 Å². The second-order valence-electron chi connectivity index (χ2n) is 7.56. The molecule has 1 aromatic heterocycles. The van der Waals surface area contributed by atoms with E-state index in [2.05, 4.69) is 27.9 Å². The van der Waals surface area contributed by atoms with Crippen LogP contribution in [-0.2, 0) is 15.7 Å². The molecule has 2 N–H and O–H groups in total. The summed E-state index contributed by atoms with van der Waals surface area (Å²) in [6, 6.07) is 9.97. The van der Waals surface area contributed by atoms with Crippen molar-refractivity contribution in [1.29, 1.82) is 0 Å². The number of halogens is 2. The van der Waals surface area contributed by atoms with Crippen molar-refractivity contribution in [3.05, 3.63) is 53.3 Å². The van der Waals surface area contributed by atoms with Crippen LogP contribution in [-0.4, -0.2) is 35.3 Å². The number of carbonyl (C=O) groups is 1. The van der Waals surface area contributed by atoms with Gasteiger partial charge in [-0.3, -0.25) is 9.48 Å². The van der Waals surface area contributed by atoms with Crippen molar-refractivity contribution in [2.45, 2.75) is 43.1 Å². The van der Waals surface area contributed by atoms with E-state index in [-0.39, 0.29) is 23.7 Å². The van der Waals surface area contributed by atoms with Gasteiger partial charge in [-0.25, -0.2) is 0 Å². The van der Waals surface area contributed by atoms with Gasteiger partial charge in [0.2, 0.25) is 5.91 Å². The molecule has 0 bridgehead atoms. The van der Waals surface area contributed by atoms with E-state index in [0.29, 0.717) is 6.54 Å². The highest BCUT2D eigenvalue weighted by Gasteiger charge is 2.44. The zero-order chi connectivity index (χ0) is 18.0. The van der Waals surface area contributed by atoms with Gasteiger partial charge in [-0.05, 0) is 62.5 Å². The second-order valence-corrected chi connectivity index (χ2v) is 7.99. The molecule has 2 aromatic rings. The highest BCUT2D eigenvalue weighted by molar-refractivity contribution is 6.30. The van der Waals surface area contributed by atoms with Crippen molar-refractivity contribution in [2.24, 2.45) is 0 Å². The number of aromatic nitrogens is 2. The second kappa shape index (κ2) is 8.21. The smallest absolute Gasteiger partial charge is 0.248 e. The first-order valence-corrected chi connectivity index (χ1v) is 9.78. The number of hydrogen-bond donors (Lipinski definition) is 2. The molecule has 0 atom stereocenters. The summed E-state index contributed by atoms with van der Waals surface area (Å²) in [7, 11) is 0. The molecule has 2 heterocycles. The third kappa shape index (κ3) is 3.73. The van der Waals surface area contributed by atoms with E-state index in [0.717, 1.165) is 43.8 Å². The monoisotopic (exact) mass is 408 g/mol. The average molecular weight is 409 g/mol. The normalized spacial score (nSPS) is 20.2. The number of hydrogen-bond acceptors (Lipinski definition) is 3. The Kier molecular flexibility index (Phi) is 6.14. The first kappa shape index (κ1) is 20.2. The summed E-state index contributed by atoms with van der Waals surface area (Å²) < 4.78 is 1.85. The lowest BCUT2D eigenvalue weighted by Crippen LogP contribution is -2.57. The Hall–Kier alpha value is -1.56. The highest BCUT2D eigenvalue weighted by atomic mass is 35.5. The molecule has 0 spiro atoms. The molecule has 0 radical (unpaired) electrons. The molecular formula is C20H26Cl2N4O.